The largest absolute Gasteiger partial charge is 0.480 e. The third kappa shape index (κ3) is 2.10. The number of carbonyl (C=O) groups is 1. The molecule has 0 spiro atoms. The lowest BCUT2D eigenvalue weighted by Crippen LogP contribution is -2.37. The van der Waals surface area contributed by atoms with Crippen molar-refractivity contribution >= 4 is 17.5 Å². The van der Waals surface area contributed by atoms with E-state index in [9.17, 15) is 4.79 Å². The lowest BCUT2D eigenvalue weighted by atomic mass is 10.1. The summed E-state index contributed by atoms with van der Waals surface area (Å²) < 4.78 is 5.44. The average molecular weight is 237 g/mol. The zero-order chi connectivity index (χ0) is 11.5. The zero-order valence-electron chi connectivity index (χ0n) is 8.37. The highest BCUT2D eigenvalue weighted by atomic mass is 35.5. The van der Waals surface area contributed by atoms with Crippen molar-refractivity contribution in [2.24, 2.45) is 0 Å². The average Bonchev–Trinajstić information content (AvgIpc) is 2.68. The Balaban J connectivity index is 2.05. The van der Waals surface area contributed by atoms with Crippen LogP contribution in [0.1, 0.15) is 5.56 Å². The van der Waals surface area contributed by atoms with Gasteiger partial charge in [0.25, 0.3) is 5.91 Å². The van der Waals surface area contributed by atoms with E-state index < -0.39 is 6.10 Å². The summed E-state index contributed by atoms with van der Waals surface area (Å²) in [7, 11) is 0. The highest BCUT2D eigenvalue weighted by Gasteiger charge is 2.28. The van der Waals surface area contributed by atoms with Gasteiger partial charge in [0.05, 0.1) is 6.07 Å². The van der Waals surface area contributed by atoms with Crippen molar-refractivity contribution < 1.29 is 9.53 Å². The predicted molar refractivity (Wildman–Crippen MR) is 58.2 cm³/mol. The van der Waals surface area contributed by atoms with Gasteiger partial charge in [0.2, 0.25) is 0 Å². The Bertz CT molecular complexity index is 468. The van der Waals surface area contributed by atoms with Crippen LogP contribution in [0.25, 0.3) is 0 Å². The number of fused-ring (bicyclic) bond motifs is 1. The number of rotatable bonds is 2. The Morgan fingerprint density at radius 3 is 3.25 bits per heavy atom. The second kappa shape index (κ2) is 4.42. The number of ether oxygens (including phenoxy) is 1. The van der Waals surface area contributed by atoms with Gasteiger partial charge in [0, 0.05) is 11.4 Å². The molecule has 0 bridgehead atoms. The first-order valence-electron chi connectivity index (χ1n) is 4.80. The summed E-state index contributed by atoms with van der Waals surface area (Å²) in [6, 6.07) is 7.09. The highest BCUT2D eigenvalue weighted by Crippen LogP contribution is 2.30. The SMILES string of the molecule is N#CCNC(=O)C1Cc2cc(Cl)ccc2O1. The first-order chi connectivity index (χ1) is 7.70. The zero-order valence-corrected chi connectivity index (χ0v) is 9.12. The van der Waals surface area contributed by atoms with Crippen LogP contribution in [0.5, 0.6) is 5.75 Å². The van der Waals surface area contributed by atoms with Crippen molar-refractivity contribution in [1.29, 1.82) is 5.26 Å². The normalized spacial score (nSPS) is 17.1. The molecule has 1 aliphatic rings. The number of carbonyl (C=O) groups excluding carboxylic acids is 1. The van der Waals surface area contributed by atoms with Crippen molar-refractivity contribution in [2.45, 2.75) is 12.5 Å². The van der Waals surface area contributed by atoms with Gasteiger partial charge in [-0.3, -0.25) is 4.79 Å². The summed E-state index contributed by atoms with van der Waals surface area (Å²) in [5, 5.41) is 11.4. The number of amides is 1. The Morgan fingerprint density at radius 1 is 1.69 bits per heavy atom. The molecule has 5 heteroatoms. The molecule has 1 atom stereocenters. The fourth-order valence-electron chi connectivity index (χ4n) is 1.60. The molecule has 0 fully saturated rings. The van der Waals surface area contributed by atoms with E-state index in [1.54, 1.807) is 18.2 Å². The highest BCUT2D eigenvalue weighted by molar-refractivity contribution is 6.30. The molecule has 0 aromatic heterocycles. The maximum Gasteiger partial charge on any atom is 0.262 e. The van der Waals surface area contributed by atoms with Crippen LogP contribution in [0.3, 0.4) is 0 Å². The molecule has 82 valence electrons. The number of nitrogens with zero attached hydrogens (tertiary/aromatic N) is 1. The fourth-order valence-corrected chi connectivity index (χ4v) is 1.80. The van der Waals surface area contributed by atoms with Gasteiger partial charge >= 0.3 is 0 Å². The summed E-state index contributed by atoms with van der Waals surface area (Å²) in [4.78, 5) is 11.5. The molecule has 2 rings (SSSR count). The second-order valence-corrected chi connectivity index (χ2v) is 3.88. The number of hydrogen-bond donors (Lipinski definition) is 1. The van der Waals surface area contributed by atoms with Crippen LogP contribution in [-0.4, -0.2) is 18.6 Å². The van der Waals surface area contributed by atoms with Crippen LogP contribution in [-0.2, 0) is 11.2 Å². The second-order valence-electron chi connectivity index (χ2n) is 3.44. The van der Waals surface area contributed by atoms with Crippen LogP contribution < -0.4 is 10.1 Å². The minimum Gasteiger partial charge on any atom is -0.480 e. The number of nitrogens with one attached hydrogen (secondary N) is 1. The van der Waals surface area contributed by atoms with Gasteiger partial charge in [-0.2, -0.15) is 5.26 Å². The van der Waals surface area contributed by atoms with E-state index in [4.69, 9.17) is 21.6 Å². The third-order valence-electron chi connectivity index (χ3n) is 2.33. The van der Waals surface area contributed by atoms with E-state index in [1.165, 1.54) is 0 Å². The summed E-state index contributed by atoms with van der Waals surface area (Å²) >= 11 is 5.84. The van der Waals surface area contributed by atoms with E-state index in [1.807, 2.05) is 6.07 Å². The van der Waals surface area contributed by atoms with E-state index in [2.05, 4.69) is 5.32 Å². The lowest BCUT2D eigenvalue weighted by Gasteiger charge is -2.08. The molecule has 1 N–H and O–H groups in total. The standard InChI is InChI=1S/C11H9ClN2O2/c12-8-1-2-9-7(5-8)6-10(16-9)11(15)14-4-3-13/h1-2,5,10H,4,6H2,(H,14,15). The van der Waals surface area contributed by atoms with E-state index in [-0.39, 0.29) is 12.5 Å². The van der Waals surface area contributed by atoms with Crippen LogP contribution in [0, 0.1) is 11.3 Å². The molecule has 0 saturated heterocycles. The van der Waals surface area contributed by atoms with Crippen molar-refractivity contribution in [3.8, 4) is 11.8 Å². The number of hydrogen-bond acceptors (Lipinski definition) is 3. The minimum absolute atomic E-state index is 0.00417. The number of nitriles is 1. The topological polar surface area (TPSA) is 62.1 Å². The Labute approximate surface area is 97.8 Å². The van der Waals surface area contributed by atoms with Crippen molar-refractivity contribution in [3.63, 3.8) is 0 Å². The molecule has 0 radical (unpaired) electrons. The molecule has 0 aliphatic carbocycles. The van der Waals surface area contributed by atoms with Gasteiger partial charge in [-0.1, -0.05) is 11.6 Å². The predicted octanol–water partition coefficient (Wildman–Crippen LogP) is 1.28. The maximum absolute atomic E-state index is 11.5. The molecule has 0 saturated carbocycles. The van der Waals surface area contributed by atoms with E-state index in [0.717, 1.165) is 5.56 Å². The molecule has 4 nitrogen and oxygen atoms in total. The summed E-state index contributed by atoms with van der Waals surface area (Å²) in [6.45, 7) is -0.00417. The first kappa shape index (κ1) is 10.8. The van der Waals surface area contributed by atoms with Crippen LogP contribution in [0.15, 0.2) is 18.2 Å². The van der Waals surface area contributed by atoms with Gasteiger partial charge in [-0.15, -0.1) is 0 Å². The molecule has 1 amide bonds. The first-order valence-corrected chi connectivity index (χ1v) is 5.18. The van der Waals surface area contributed by atoms with Crippen LogP contribution in [0.4, 0.5) is 0 Å². The third-order valence-corrected chi connectivity index (χ3v) is 2.57. The summed E-state index contributed by atoms with van der Waals surface area (Å²) in [5.74, 6) is 0.412. The lowest BCUT2D eigenvalue weighted by molar-refractivity contribution is -0.126. The van der Waals surface area contributed by atoms with E-state index in [0.29, 0.717) is 17.2 Å². The molecular formula is C11H9ClN2O2. The van der Waals surface area contributed by atoms with Gasteiger partial charge in [0.1, 0.15) is 12.3 Å². The molecule has 16 heavy (non-hydrogen) atoms. The van der Waals surface area contributed by atoms with Gasteiger partial charge in [0.15, 0.2) is 6.10 Å². The van der Waals surface area contributed by atoms with E-state index >= 15 is 0 Å². The molecule has 1 heterocycles. The number of benzene rings is 1. The molecule has 1 aromatic rings. The van der Waals surface area contributed by atoms with Crippen molar-refractivity contribution in [1.82, 2.24) is 5.32 Å². The van der Waals surface area contributed by atoms with Gasteiger partial charge in [-0.05, 0) is 23.8 Å². The van der Waals surface area contributed by atoms with Gasteiger partial charge < -0.3 is 10.1 Å². The monoisotopic (exact) mass is 236 g/mol. The van der Waals surface area contributed by atoms with Gasteiger partial charge in [-0.25, -0.2) is 0 Å². The van der Waals surface area contributed by atoms with Crippen LogP contribution in [0.2, 0.25) is 5.02 Å². The smallest absolute Gasteiger partial charge is 0.262 e. The minimum atomic E-state index is -0.554. The van der Waals surface area contributed by atoms with Crippen molar-refractivity contribution in [2.75, 3.05) is 6.54 Å². The Kier molecular flexibility index (Phi) is 2.97. The Hall–Kier alpha value is -1.73. The molecule has 1 aromatic carbocycles. The Morgan fingerprint density at radius 2 is 2.50 bits per heavy atom. The quantitative estimate of drug-likeness (QED) is 0.787. The number of halogens is 1. The van der Waals surface area contributed by atoms with Crippen molar-refractivity contribution in [3.05, 3.63) is 28.8 Å². The van der Waals surface area contributed by atoms with Crippen LogP contribution >= 0.6 is 11.6 Å². The maximum atomic E-state index is 11.5. The molecular weight excluding hydrogens is 228 g/mol. The fraction of sp³-hybridized carbons (Fsp3) is 0.273. The summed E-state index contributed by atoms with van der Waals surface area (Å²) in [6.07, 6.45) is -0.0607. The summed E-state index contributed by atoms with van der Waals surface area (Å²) in [5.41, 5.74) is 0.921. The molecule has 1 unspecified atom stereocenters. The molecule has 1 aliphatic heterocycles.